The van der Waals surface area contributed by atoms with E-state index in [2.05, 4.69) is 39.8 Å². The van der Waals surface area contributed by atoms with Gasteiger partial charge in [-0.05, 0) is 61.9 Å². The molecular weight excluding hydrogens is 402 g/mol. The molecule has 1 saturated carbocycles. The molecule has 2 aliphatic rings. The van der Waals surface area contributed by atoms with E-state index in [1.807, 2.05) is 25.1 Å². The molecule has 32 heavy (non-hydrogen) atoms. The van der Waals surface area contributed by atoms with E-state index in [1.165, 1.54) is 11.1 Å². The summed E-state index contributed by atoms with van der Waals surface area (Å²) in [4.78, 5) is 27.8. The first kappa shape index (κ1) is 22.3. The predicted molar refractivity (Wildman–Crippen MR) is 127 cm³/mol. The molecule has 6 nitrogen and oxygen atoms in total. The highest BCUT2D eigenvalue weighted by Gasteiger charge is 2.26. The van der Waals surface area contributed by atoms with Crippen LogP contribution in [0.4, 0.5) is 11.4 Å². The first-order valence-electron chi connectivity index (χ1n) is 11.8. The maximum atomic E-state index is 13.1. The number of amides is 2. The summed E-state index contributed by atoms with van der Waals surface area (Å²) in [6, 6.07) is 14.2. The number of carbonyl (C=O) groups is 2. The number of nitrogens with zero attached hydrogens (tertiary/aromatic N) is 1. The first-order chi connectivity index (χ1) is 15.7. The van der Waals surface area contributed by atoms with E-state index < -0.39 is 0 Å². The van der Waals surface area contributed by atoms with E-state index >= 15 is 0 Å². The minimum absolute atomic E-state index is 0.0546. The number of hydrogen-bond donors (Lipinski definition) is 2. The van der Waals surface area contributed by atoms with E-state index in [0.717, 1.165) is 50.9 Å². The van der Waals surface area contributed by atoms with Crippen LogP contribution < -0.4 is 15.5 Å². The molecule has 0 saturated heterocycles. The number of rotatable bonds is 9. The average molecular weight is 436 g/mol. The van der Waals surface area contributed by atoms with Crippen molar-refractivity contribution < 1.29 is 14.3 Å². The summed E-state index contributed by atoms with van der Waals surface area (Å²) >= 11 is 0. The summed E-state index contributed by atoms with van der Waals surface area (Å²) in [5.41, 5.74) is 4.86. The lowest BCUT2D eigenvalue weighted by molar-refractivity contribution is -0.122. The number of carbonyl (C=O) groups excluding carboxylic acids is 2. The van der Waals surface area contributed by atoms with Crippen molar-refractivity contribution in [3.63, 3.8) is 0 Å². The summed E-state index contributed by atoms with van der Waals surface area (Å²) in [6.07, 6.45) is 4.73. The van der Waals surface area contributed by atoms with Crippen molar-refractivity contribution in [1.29, 1.82) is 0 Å². The molecule has 6 heteroatoms. The van der Waals surface area contributed by atoms with Crippen LogP contribution in [0.3, 0.4) is 0 Å². The molecule has 2 aromatic rings. The zero-order valence-electron chi connectivity index (χ0n) is 18.9. The van der Waals surface area contributed by atoms with Crippen molar-refractivity contribution in [2.45, 2.75) is 45.6 Å². The molecule has 1 heterocycles. The molecule has 0 bridgehead atoms. The number of anilines is 2. The van der Waals surface area contributed by atoms with Gasteiger partial charge in [0.05, 0.1) is 5.56 Å². The third-order valence-electron chi connectivity index (χ3n) is 6.41. The van der Waals surface area contributed by atoms with E-state index in [1.54, 1.807) is 0 Å². The Morgan fingerprint density at radius 1 is 1.12 bits per heavy atom. The summed E-state index contributed by atoms with van der Waals surface area (Å²) in [6.45, 7) is 5.45. The predicted octanol–water partition coefficient (Wildman–Crippen LogP) is 4.14. The molecule has 1 fully saturated rings. The summed E-state index contributed by atoms with van der Waals surface area (Å²) in [5, 5.41) is 6.04. The lowest BCUT2D eigenvalue weighted by Gasteiger charge is -2.32. The van der Waals surface area contributed by atoms with Crippen LogP contribution in [0.15, 0.2) is 42.5 Å². The zero-order valence-corrected chi connectivity index (χ0v) is 18.9. The molecule has 2 N–H and O–H groups in total. The molecule has 0 unspecified atom stereocenters. The van der Waals surface area contributed by atoms with Gasteiger partial charge in [0.25, 0.3) is 5.91 Å². The molecule has 0 spiro atoms. The van der Waals surface area contributed by atoms with Crippen molar-refractivity contribution in [2.24, 2.45) is 5.92 Å². The molecule has 4 rings (SSSR count). The van der Waals surface area contributed by atoms with Gasteiger partial charge in [-0.3, -0.25) is 9.59 Å². The van der Waals surface area contributed by atoms with Crippen LogP contribution in [0, 0.1) is 5.92 Å². The Labute approximate surface area is 190 Å². The van der Waals surface area contributed by atoms with Gasteiger partial charge < -0.3 is 20.3 Å². The summed E-state index contributed by atoms with van der Waals surface area (Å²) in [5.74, 6) is 0.0400. The highest BCUT2D eigenvalue weighted by Crippen LogP contribution is 2.31. The molecule has 1 aliphatic carbocycles. The van der Waals surface area contributed by atoms with E-state index in [9.17, 15) is 9.59 Å². The standard InChI is InChI=1S/C26H33N3O3/c1-2-32-16-6-14-27-26(31)23-17-22(28-25(30)20-9-5-10-20)11-12-24(23)29-15-13-19-7-3-4-8-21(19)18-29/h3-4,7-8,11-12,17,20H,2,5-6,9-10,13-16,18H2,1H3,(H,27,31)(H,28,30). The number of ether oxygens (including phenoxy) is 1. The Bertz CT molecular complexity index is 955. The van der Waals surface area contributed by atoms with Gasteiger partial charge in [0.15, 0.2) is 0 Å². The third-order valence-corrected chi connectivity index (χ3v) is 6.41. The van der Waals surface area contributed by atoms with Crippen LogP contribution in [0.2, 0.25) is 0 Å². The largest absolute Gasteiger partial charge is 0.382 e. The fourth-order valence-electron chi connectivity index (χ4n) is 4.30. The van der Waals surface area contributed by atoms with Crippen LogP contribution in [0.25, 0.3) is 0 Å². The van der Waals surface area contributed by atoms with Crippen LogP contribution in [-0.4, -0.2) is 38.1 Å². The number of benzene rings is 2. The van der Waals surface area contributed by atoms with Crippen LogP contribution in [0.1, 0.15) is 54.1 Å². The average Bonchev–Trinajstić information content (AvgIpc) is 2.77. The molecular formula is C26H33N3O3. The fraction of sp³-hybridized carbons (Fsp3) is 0.462. The second-order valence-electron chi connectivity index (χ2n) is 8.60. The van der Waals surface area contributed by atoms with Gasteiger partial charge in [0.1, 0.15) is 0 Å². The lowest BCUT2D eigenvalue weighted by atomic mass is 9.85. The quantitative estimate of drug-likeness (QED) is 0.581. The smallest absolute Gasteiger partial charge is 0.253 e. The Balaban J connectivity index is 1.52. The van der Waals surface area contributed by atoms with Crippen molar-refractivity contribution in [3.8, 4) is 0 Å². The second kappa shape index (κ2) is 10.6. The van der Waals surface area contributed by atoms with Gasteiger partial charge in [0, 0.05) is 50.1 Å². The SMILES string of the molecule is CCOCCCNC(=O)c1cc(NC(=O)C2CCC2)ccc1N1CCc2ccccc2C1. The monoisotopic (exact) mass is 435 g/mol. The van der Waals surface area contributed by atoms with Crippen molar-refractivity contribution in [2.75, 3.05) is 36.5 Å². The molecule has 0 radical (unpaired) electrons. The highest BCUT2D eigenvalue weighted by molar-refractivity contribution is 6.02. The van der Waals surface area contributed by atoms with Crippen LogP contribution in [0.5, 0.6) is 0 Å². The first-order valence-corrected chi connectivity index (χ1v) is 11.8. The minimum atomic E-state index is -0.116. The summed E-state index contributed by atoms with van der Waals surface area (Å²) < 4.78 is 5.37. The Kier molecular flexibility index (Phi) is 7.43. The van der Waals surface area contributed by atoms with E-state index in [4.69, 9.17) is 4.74 Å². The van der Waals surface area contributed by atoms with Crippen molar-refractivity contribution in [1.82, 2.24) is 5.32 Å². The number of nitrogens with one attached hydrogen (secondary N) is 2. The maximum Gasteiger partial charge on any atom is 0.253 e. The Morgan fingerprint density at radius 3 is 2.69 bits per heavy atom. The normalized spacial score (nSPS) is 15.6. The van der Waals surface area contributed by atoms with Gasteiger partial charge in [-0.15, -0.1) is 0 Å². The molecule has 1 aliphatic heterocycles. The number of fused-ring (bicyclic) bond motifs is 1. The fourth-order valence-corrected chi connectivity index (χ4v) is 4.30. The molecule has 0 aromatic heterocycles. The van der Waals surface area contributed by atoms with Gasteiger partial charge in [-0.2, -0.15) is 0 Å². The van der Waals surface area contributed by atoms with Gasteiger partial charge in [-0.1, -0.05) is 30.7 Å². The van der Waals surface area contributed by atoms with E-state index in [-0.39, 0.29) is 17.7 Å². The van der Waals surface area contributed by atoms with E-state index in [0.29, 0.717) is 31.0 Å². The van der Waals surface area contributed by atoms with Crippen molar-refractivity contribution in [3.05, 3.63) is 59.2 Å². The van der Waals surface area contributed by atoms with Gasteiger partial charge in [-0.25, -0.2) is 0 Å². The zero-order chi connectivity index (χ0) is 22.3. The molecule has 2 amide bonds. The third kappa shape index (κ3) is 5.30. The van der Waals surface area contributed by atoms with Crippen LogP contribution >= 0.6 is 0 Å². The second-order valence-corrected chi connectivity index (χ2v) is 8.60. The Morgan fingerprint density at radius 2 is 1.94 bits per heavy atom. The highest BCUT2D eigenvalue weighted by atomic mass is 16.5. The Hall–Kier alpha value is -2.86. The summed E-state index contributed by atoms with van der Waals surface area (Å²) in [7, 11) is 0. The number of hydrogen-bond acceptors (Lipinski definition) is 4. The molecule has 0 atom stereocenters. The van der Waals surface area contributed by atoms with Crippen molar-refractivity contribution >= 4 is 23.2 Å². The molecule has 2 aromatic carbocycles. The minimum Gasteiger partial charge on any atom is -0.382 e. The van der Waals surface area contributed by atoms with Crippen LogP contribution in [-0.2, 0) is 22.5 Å². The lowest BCUT2D eigenvalue weighted by Crippen LogP contribution is -2.34. The van der Waals surface area contributed by atoms with Gasteiger partial charge in [0.2, 0.25) is 5.91 Å². The maximum absolute atomic E-state index is 13.1. The molecule has 170 valence electrons. The van der Waals surface area contributed by atoms with Gasteiger partial charge >= 0.3 is 0 Å². The topological polar surface area (TPSA) is 70.7 Å².